The molecule has 28 heavy (non-hydrogen) atoms. The Morgan fingerprint density at radius 1 is 0.857 bits per heavy atom. The molecule has 1 aliphatic rings. The first kappa shape index (κ1) is 20.2. The fourth-order valence-electron chi connectivity index (χ4n) is 3.35. The highest BCUT2D eigenvalue weighted by molar-refractivity contribution is 9.10. The third-order valence-corrected chi connectivity index (χ3v) is 5.28. The van der Waals surface area contributed by atoms with Gasteiger partial charge in [-0.25, -0.2) is 0 Å². The van der Waals surface area contributed by atoms with Crippen LogP contribution in [0.25, 0.3) is 0 Å². The maximum Gasteiger partial charge on any atom is 0.261 e. The predicted octanol–water partition coefficient (Wildman–Crippen LogP) is 3.45. The zero-order chi connectivity index (χ0) is 20.1. The second-order valence-electron chi connectivity index (χ2n) is 6.49. The van der Waals surface area contributed by atoms with Crippen molar-refractivity contribution in [3.63, 3.8) is 0 Å². The Morgan fingerprint density at radius 3 is 2.00 bits per heavy atom. The van der Waals surface area contributed by atoms with Gasteiger partial charge in [0.15, 0.2) is 0 Å². The molecule has 0 aromatic heterocycles. The standard InChI is InChI=1S/C21H23BrN2O4/c1-27-17-8-4-9-18(28-2)19(17)21(26)24-11-5-10-23(12-13-24)20(25)15-6-3-7-16(22)14-15/h3-4,6-9,14H,5,10-13H2,1-2H3. The second-order valence-corrected chi connectivity index (χ2v) is 7.40. The highest BCUT2D eigenvalue weighted by Crippen LogP contribution is 2.30. The molecule has 1 aliphatic heterocycles. The van der Waals surface area contributed by atoms with Crippen molar-refractivity contribution >= 4 is 27.7 Å². The third-order valence-electron chi connectivity index (χ3n) is 4.78. The summed E-state index contributed by atoms with van der Waals surface area (Å²) in [5.41, 5.74) is 1.06. The van der Waals surface area contributed by atoms with E-state index in [-0.39, 0.29) is 11.8 Å². The third kappa shape index (κ3) is 4.30. The highest BCUT2D eigenvalue weighted by atomic mass is 79.9. The molecule has 6 nitrogen and oxygen atoms in total. The topological polar surface area (TPSA) is 59.1 Å². The lowest BCUT2D eigenvalue weighted by Crippen LogP contribution is -2.37. The summed E-state index contributed by atoms with van der Waals surface area (Å²) in [6.45, 7) is 2.12. The lowest BCUT2D eigenvalue weighted by atomic mass is 10.1. The summed E-state index contributed by atoms with van der Waals surface area (Å²) < 4.78 is 11.6. The van der Waals surface area contributed by atoms with Crippen molar-refractivity contribution in [2.75, 3.05) is 40.4 Å². The van der Waals surface area contributed by atoms with Crippen molar-refractivity contribution in [1.29, 1.82) is 0 Å². The number of hydrogen-bond acceptors (Lipinski definition) is 4. The summed E-state index contributed by atoms with van der Waals surface area (Å²) in [7, 11) is 3.07. The van der Waals surface area contributed by atoms with E-state index in [0.29, 0.717) is 55.2 Å². The Labute approximate surface area is 173 Å². The average molecular weight is 447 g/mol. The average Bonchev–Trinajstić information content (AvgIpc) is 2.98. The number of hydrogen-bond donors (Lipinski definition) is 0. The van der Waals surface area contributed by atoms with E-state index in [1.807, 2.05) is 18.2 Å². The van der Waals surface area contributed by atoms with Crippen LogP contribution in [0.5, 0.6) is 11.5 Å². The van der Waals surface area contributed by atoms with Crippen LogP contribution < -0.4 is 9.47 Å². The second kappa shape index (κ2) is 9.10. The van der Waals surface area contributed by atoms with Crippen molar-refractivity contribution in [2.45, 2.75) is 6.42 Å². The fourth-order valence-corrected chi connectivity index (χ4v) is 3.75. The number of rotatable bonds is 4. The molecule has 0 saturated carbocycles. The Hall–Kier alpha value is -2.54. The van der Waals surface area contributed by atoms with Crippen LogP contribution in [0.4, 0.5) is 0 Å². The maximum absolute atomic E-state index is 13.2. The number of halogens is 1. The number of carbonyl (C=O) groups excluding carboxylic acids is 2. The van der Waals surface area contributed by atoms with Crippen LogP contribution in [0, 0.1) is 0 Å². The molecule has 1 saturated heterocycles. The highest BCUT2D eigenvalue weighted by Gasteiger charge is 2.27. The van der Waals surface area contributed by atoms with Gasteiger partial charge in [-0.2, -0.15) is 0 Å². The largest absolute Gasteiger partial charge is 0.496 e. The van der Waals surface area contributed by atoms with Gasteiger partial charge in [0.05, 0.1) is 14.2 Å². The quantitative estimate of drug-likeness (QED) is 0.721. The number of ether oxygens (including phenoxy) is 2. The molecule has 2 amide bonds. The monoisotopic (exact) mass is 446 g/mol. The molecule has 1 fully saturated rings. The number of amides is 2. The minimum absolute atomic E-state index is 0.0227. The van der Waals surface area contributed by atoms with Crippen LogP contribution >= 0.6 is 15.9 Å². The van der Waals surface area contributed by atoms with Gasteiger partial charge in [-0.05, 0) is 36.8 Å². The van der Waals surface area contributed by atoms with E-state index in [9.17, 15) is 9.59 Å². The molecular weight excluding hydrogens is 424 g/mol. The van der Waals surface area contributed by atoms with Crippen LogP contribution in [-0.2, 0) is 0 Å². The Balaban J connectivity index is 1.75. The Kier molecular flexibility index (Phi) is 6.57. The van der Waals surface area contributed by atoms with Crippen molar-refractivity contribution in [2.24, 2.45) is 0 Å². The van der Waals surface area contributed by atoms with Gasteiger partial charge >= 0.3 is 0 Å². The van der Waals surface area contributed by atoms with Crippen molar-refractivity contribution in [3.05, 3.63) is 58.1 Å². The summed E-state index contributed by atoms with van der Waals surface area (Å²) in [6.07, 6.45) is 0.711. The predicted molar refractivity (Wildman–Crippen MR) is 110 cm³/mol. The molecular formula is C21H23BrN2O4. The Bertz CT molecular complexity index is 849. The van der Waals surface area contributed by atoms with E-state index in [1.54, 1.807) is 34.1 Å². The zero-order valence-electron chi connectivity index (χ0n) is 16.0. The molecule has 0 radical (unpaired) electrons. The van der Waals surface area contributed by atoms with Gasteiger partial charge in [-0.3, -0.25) is 9.59 Å². The molecule has 0 unspecified atom stereocenters. The number of benzene rings is 2. The first-order valence-electron chi connectivity index (χ1n) is 9.10. The minimum Gasteiger partial charge on any atom is -0.496 e. The summed E-state index contributed by atoms with van der Waals surface area (Å²) in [5, 5.41) is 0. The molecule has 0 N–H and O–H groups in total. The van der Waals surface area contributed by atoms with Crippen LogP contribution in [0.15, 0.2) is 46.9 Å². The Morgan fingerprint density at radius 2 is 1.43 bits per heavy atom. The molecule has 3 rings (SSSR count). The number of nitrogens with zero attached hydrogens (tertiary/aromatic N) is 2. The lowest BCUT2D eigenvalue weighted by molar-refractivity contribution is 0.0715. The van der Waals surface area contributed by atoms with Crippen LogP contribution in [0.1, 0.15) is 27.1 Å². The van der Waals surface area contributed by atoms with Gasteiger partial charge < -0.3 is 19.3 Å². The number of carbonyl (C=O) groups is 2. The molecule has 1 heterocycles. The van der Waals surface area contributed by atoms with Crippen LogP contribution in [-0.4, -0.2) is 62.0 Å². The van der Waals surface area contributed by atoms with E-state index in [2.05, 4.69) is 15.9 Å². The minimum atomic E-state index is -0.147. The molecule has 0 spiro atoms. The molecule has 148 valence electrons. The van der Waals surface area contributed by atoms with Crippen LogP contribution in [0.3, 0.4) is 0 Å². The van der Waals surface area contributed by atoms with Crippen molar-refractivity contribution in [3.8, 4) is 11.5 Å². The van der Waals surface area contributed by atoms with Crippen molar-refractivity contribution < 1.29 is 19.1 Å². The molecule has 0 bridgehead atoms. The molecule has 2 aromatic rings. The van der Waals surface area contributed by atoms with E-state index in [1.165, 1.54) is 14.2 Å². The van der Waals surface area contributed by atoms with Gasteiger partial charge in [-0.1, -0.05) is 28.1 Å². The van der Waals surface area contributed by atoms with E-state index >= 15 is 0 Å². The lowest BCUT2D eigenvalue weighted by Gasteiger charge is -2.23. The van der Waals surface area contributed by atoms with Gasteiger partial charge in [-0.15, -0.1) is 0 Å². The first-order valence-corrected chi connectivity index (χ1v) is 9.89. The van der Waals surface area contributed by atoms with Gasteiger partial charge in [0.25, 0.3) is 11.8 Å². The summed E-state index contributed by atoms with van der Waals surface area (Å²) in [6, 6.07) is 12.6. The normalized spacial score (nSPS) is 14.4. The van der Waals surface area contributed by atoms with Gasteiger partial charge in [0.2, 0.25) is 0 Å². The van der Waals surface area contributed by atoms with Gasteiger partial charge in [0, 0.05) is 36.2 Å². The van der Waals surface area contributed by atoms with Gasteiger partial charge in [0.1, 0.15) is 17.1 Å². The fraction of sp³-hybridized carbons (Fsp3) is 0.333. The first-order chi connectivity index (χ1) is 13.5. The SMILES string of the molecule is COc1cccc(OC)c1C(=O)N1CCCN(C(=O)c2cccc(Br)c2)CC1. The van der Waals surface area contributed by atoms with Crippen LogP contribution in [0.2, 0.25) is 0 Å². The zero-order valence-corrected chi connectivity index (χ0v) is 17.6. The smallest absolute Gasteiger partial charge is 0.261 e. The van der Waals surface area contributed by atoms with E-state index < -0.39 is 0 Å². The summed E-state index contributed by atoms with van der Waals surface area (Å²) in [5.74, 6) is 0.794. The summed E-state index contributed by atoms with van der Waals surface area (Å²) >= 11 is 3.40. The molecule has 0 atom stereocenters. The molecule has 7 heteroatoms. The summed E-state index contributed by atoms with van der Waals surface area (Å²) in [4.78, 5) is 29.5. The van der Waals surface area contributed by atoms with E-state index in [0.717, 1.165) is 4.47 Å². The van der Waals surface area contributed by atoms with Crippen molar-refractivity contribution in [1.82, 2.24) is 9.80 Å². The molecule has 0 aliphatic carbocycles. The number of methoxy groups -OCH3 is 2. The molecule has 2 aromatic carbocycles. The van der Waals surface area contributed by atoms with E-state index in [4.69, 9.17) is 9.47 Å². The maximum atomic E-state index is 13.2.